The Hall–Kier alpha value is -4.05. The van der Waals surface area contributed by atoms with Crippen molar-refractivity contribution in [2.75, 3.05) is 32.8 Å². The molecule has 0 aliphatic carbocycles. The Kier molecular flexibility index (Phi) is 9.56. The van der Waals surface area contributed by atoms with Crippen LogP contribution in [0.25, 0.3) is 0 Å². The standard InChI is InChI=1S/C26H25F9N2O6/c1-13-5-18(17-9-20(40-2)21(41-3)10-19(17)37(13)23(39)43-12-24(27,28)29)36(22(38)42-4)11-14-6-15(25(30,31)32)8-16(7-14)26(33,34)35/h6-10,13,18H,5,11-12H2,1-4H3/t13-,18+/m1/s1. The van der Waals surface area contributed by atoms with E-state index in [-0.39, 0.29) is 35.2 Å². The molecule has 17 heteroatoms. The van der Waals surface area contributed by atoms with Gasteiger partial charge < -0.3 is 18.9 Å². The van der Waals surface area contributed by atoms with Gasteiger partial charge in [-0.05, 0) is 43.2 Å². The number of hydrogen-bond acceptors (Lipinski definition) is 6. The zero-order valence-corrected chi connectivity index (χ0v) is 22.9. The number of alkyl halides is 9. The van der Waals surface area contributed by atoms with E-state index in [1.54, 1.807) is 0 Å². The molecular formula is C26H25F9N2O6. The average molecular weight is 632 g/mol. The SMILES string of the molecule is COC(=O)N(Cc1cc(C(F)(F)F)cc(C(F)(F)F)c1)[C@H]1C[C@@H](C)N(C(=O)OCC(F)(F)F)c2cc(OC)c(OC)cc21. The molecule has 2 amide bonds. The molecule has 43 heavy (non-hydrogen) atoms. The zero-order chi connectivity index (χ0) is 32.5. The van der Waals surface area contributed by atoms with E-state index in [9.17, 15) is 49.1 Å². The van der Waals surface area contributed by atoms with Crippen molar-refractivity contribution >= 4 is 17.9 Å². The molecule has 0 bridgehead atoms. The summed E-state index contributed by atoms with van der Waals surface area (Å²) in [4.78, 5) is 27.5. The first-order valence-electron chi connectivity index (χ1n) is 12.2. The number of nitrogens with zero attached hydrogens (tertiary/aromatic N) is 2. The van der Waals surface area contributed by atoms with Crippen LogP contribution in [-0.4, -0.2) is 57.2 Å². The van der Waals surface area contributed by atoms with Crippen LogP contribution in [0.4, 0.5) is 54.8 Å². The first-order valence-corrected chi connectivity index (χ1v) is 12.2. The topological polar surface area (TPSA) is 77.5 Å². The number of ether oxygens (including phenoxy) is 4. The quantitative estimate of drug-likeness (QED) is 0.310. The van der Waals surface area contributed by atoms with Crippen molar-refractivity contribution in [1.82, 2.24) is 4.90 Å². The minimum Gasteiger partial charge on any atom is -0.493 e. The number of rotatable bonds is 6. The van der Waals surface area contributed by atoms with Crippen molar-refractivity contribution in [3.8, 4) is 11.5 Å². The summed E-state index contributed by atoms with van der Waals surface area (Å²) in [6.07, 6.45) is -18.0. The monoisotopic (exact) mass is 632 g/mol. The van der Waals surface area contributed by atoms with Crippen LogP contribution in [0.15, 0.2) is 30.3 Å². The first-order chi connectivity index (χ1) is 19.8. The van der Waals surface area contributed by atoms with Gasteiger partial charge in [-0.2, -0.15) is 39.5 Å². The second-order valence-corrected chi connectivity index (χ2v) is 9.42. The van der Waals surface area contributed by atoms with Crippen LogP contribution >= 0.6 is 0 Å². The molecular weight excluding hydrogens is 607 g/mol. The summed E-state index contributed by atoms with van der Waals surface area (Å²) in [5.74, 6) is 0.0488. The number of carbonyl (C=O) groups excluding carboxylic acids is 2. The van der Waals surface area contributed by atoms with Crippen molar-refractivity contribution in [3.05, 3.63) is 52.6 Å². The van der Waals surface area contributed by atoms with E-state index in [4.69, 9.17) is 14.2 Å². The Morgan fingerprint density at radius 3 is 1.86 bits per heavy atom. The number of anilines is 1. The van der Waals surface area contributed by atoms with Crippen LogP contribution in [0.1, 0.15) is 41.6 Å². The van der Waals surface area contributed by atoms with E-state index in [0.29, 0.717) is 12.1 Å². The Bertz CT molecular complexity index is 1310. The number of carbonyl (C=O) groups is 2. The van der Waals surface area contributed by atoms with Gasteiger partial charge >= 0.3 is 30.7 Å². The van der Waals surface area contributed by atoms with E-state index in [1.807, 2.05) is 0 Å². The molecule has 0 spiro atoms. The number of methoxy groups -OCH3 is 3. The minimum absolute atomic E-state index is 0.0139. The van der Waals surface area contributed by atoms with Crippen LogP contribution in [-0.2, 0) is 28.4 Å². The lowest BCUT2D eigenvalue weighted by atomic mass is 9.90. The van der Waals surface area contributed by atoms with Gasteiger partial charge in [-0.25, -0.2) is 9.59 Å². The molecule has 0 unspecified atom stereocenters. The van der Waals surface area contributed by atoms with Crippen molar-refractivity contribution in [1.29, 1.82) is 0 Å². The molecule has 0 fully saturated rings. The maximum Gasteiger partial charge on any atom is 0.422 e. The summed E-state index contributed by atoms with van der Waals surface area (Å²) in [6, 6.07) is 1.14. The smallest absolute Gasteiger partial charge is 0.422 e. The van der Waals surface area contributed by atoms with Crippen LogP contribution in [0.5, 0.6) is 11.5 Å². The molecule has 0 radical (unpaired) electrons. The van der Waals surface area contributed by atoms with E-state index < -0.39 is 72.6 Å². The Morgan fingerprint density at radius 2 is 1.40 bits per heavy atom. The third-order valence-electron chi connectivity index (χ3n) is 6.50. The third kappa shape index (κ3) is 7.67. The van der Waals surface area contributed by atoms with E-state index in [2.05, 4.69) is 4.74 Å². The van der Waals surface area contributed by atoms with Crippen molar-refractivity contribution in [3.63, 3.8) is 0 Å². The van der Waals surface area contributed by atoms with Crippen LogP contribution in [0, 0.1) is 0 Å². The van der Waals surface area contributed by atoms with Gasteiger partial charge in [0, 0.05) is 24.2 Å². The molecule has 2 aromatic rings. The molecule has 1 aliphatic rings. The summed E-state index contributed by atoms with van der Waals surface area (Å²) < 4.78 is 139. The van der Waals surface area contributed by atoms with Crippen LogP contribution < -0.4 is 14.4 Å². The molecule has 1 aliphatic heterocycles. The van der Waals surface area contributed by atoms with Gasteiger partial charge in [0.15, 0.2) is 18.1 Å². The second-order valence-electron chi connectivity index (χ2n) is 9.42. The molecule has 238 valence electrons. The lowest BCUT2D eigenvalue weighted by molar-refractivity contribution is -0.159. The molecule has 3 rings (SSSR count). The van der Waals surface area contributed by atoms with Gasteiger partial charge in [-0.3, -0.25) is 9.80 Å². The highest BCUT2D eigenvalue weighted by atomic mass is 19.4. The largest absolute Gasteiger partial charge is 0.493 e. The van der Waals surface area contributed by atoms with Crippen LogP contribution in [0.2, 0.25) is 0 Å². The number of halogens is 9. The fraction of sp³-hybridized carbons (Fsp3) is 0.462. The van der Waals surface area contributed by atoms with E-state index >= 15 is 0 Å². The molecule has 2 atom stereocenters. The van der Waals surface area contributed by atoms with Gasteiger partial charge in [0.2, 0.25) is 0 Å². The fourth-order valence-corrected chi connectivity index (χ4v) is 4.67. The normalized spacial score (nSPS) is 17.2. The predicted octanol–water partition coefficient (Wildman–Crippen LogP) is 7.35. The van der Waals surface area contributed by atoms with Gasteiger partial charge in [0.25, 0.3) is 0 Å². The highest BCUT2D eigenvalue weighted by Gasteiger charge is 2.42. The first kappa shape index (κ1) is 33.5. The minimum atomic E-state index is -5.15. The fourth-order valence-electron chi connectivity index (χ4n) is 4.67. The summed E-state index contributed by atoms with van der Waals surface area (Å²) in [6.45, 7) is -1.33. The third-order valence-corrected chi connectivity index (χ3v) is 6.50. The van der Waals surface area contributed by atoms with Crippen molar-refractivity contribution < 1.29 is 68.1 Å². The number of fused-ring (bicyclic) bond motifs is 1. The van der Waals surface area contributed by atoms with E-state index in [1.165, 1.54) is 33.3 Å². The van der Waals surface area contributed by atoms with Crippen molar-refractivity contribution in [2.24, 2.45) is 0 Å². The molecule has 0 N–H and O–H groups in total. The Balaban J connectivity index is 2.18. The number of hydrogen-bond donors (Lipinski definition) is 0. The maximum atomic E-state index is 13.5. The van der Waals surface area contributed by atoms with Crippen LogP contribution in [0.3, 0.4) is 0 Å². The van der Waals surface area contributed by atoms with E-state index in [0.717, 1.165) is 16.9 Å². The highest BCUT2D eigenvalue weighted by Crippen LogP contribution is 2.47. The summed E-state index contributed by atoms with van der Waals surface area (Å²) in [5, 5.41) is 0. The van der Waals surface area contributed by atoms with Gasteiger partial charge in [-0.15, -0.1) is 0 Å². The van der Waals surface area contributed by atoms with Gasteiger partial charge in [0.05, 0.1) is 44.2 Å². The molecule has 0 saturated heterocycles. The molecule has 0 saturated carbocycles. The molecule has 2 aromatic carbocycles. The Labute approximate surface area is 238 Å². The molecule has 0 aromatic heterocycles. The summed E-state index contributed by atoms with van der Waals surface area (Å²) in [7, 11) is 3.40. The summed E-state index contributed by atoms with van der Waals surface area (Å²) in [5.41, 5.74) is -3.83. The summed E-state index contributed by atoms with van der Waals surface area (Å²) >= 11 is 0. The predicted molar refractivity (Wildman–Crippen MR) is 131 cm³/mol. The lowest BCUT2D eigenvalue weighted by Gasteiger charge is -2.42. The second kappa shape index (κ2) is 12.3. The van der Waals surface area contributed by atoms with Crippen molar-refractivity contribution in [2.45, 2.75) is 50.5 Å². The zero-order valence-electron chi connectivity index (χ0n) is 22.9. The number of amides is 2. The number of benzene rings is 2. The molecule has 8 nitrogen and oxygen atoms in total. The average Bonchev–Trinajstić information content (AvgIpc) is 2.91. The lowest BCUT2D eigenvalue weighted by Crippen LogP contribution is -2.48. The highest BCUT2D eigenvalue weighted by molar-refractivity contribution is 5.91. The Morgan fingerprint density at radius 1 is 0.860 bits per heavy atom. The van der Waals surface area contributed by atoms with Gasteiger partial charge in [-0.1, -0.05) is 0 Å². The van der Waals surface area contributed by atoms with Gasteiger partial charge in [0.1, 0.15) is 0 Å². The maximum absolute atomic E-state index is 13.5. The molecule has 1 heterocycles.